The Labute approximate surface area is 200 Å². The van der Waals surface area contributed by atoms with Crippen LogP contribution in [0, 0.1) is 5.92 Å². The van der Waals surface area contributed by atoms with Gasteiger partial charge in [-0.3, -0.25) is 9.59 Å². The van der Waals surface area contributed by atoms with Crippen LogP contribution < -0.4 is 10.6 Å². The second kappa shape index (κ2) is 9.97. The summed E-state index contributed by atoms with van der Waals surface area (Å²) in [5.41, 5.74) is 2.41. The molecular weight excluding hydrogens is 430 g/mol. The number of carbonyl (C=O) groups excluding carboxylic acids is 2. The summed E-state index contributed by atoms with van der Waals surface area (Å²) >= 11 is 0. The predicted molar refractivity (Wildman–Crippen MR) is 129 cm³/mol. The lowest BCUT2D eigenvalue weighted by atomic mass is 9.71. The summed E-state index contributed by atoms with van der Waals surface area (Å²) in [4.78, 5) is 40.5. The summed E-state index contributed by atoms with van der Waals surface area (Å²) in [7, 11) is 0. The molecule has 0 aromatic heterocycles. The fraction of sp³-hybridized carbons (Fsp3) is 0.444. The number of benzene rings is 2. The van der Waals surface area contributed by atoms with Crippen molar-refractivity contribution in [2.24, 2.45) is 5.92 Å². The van der Waals surface area contributed by atoms with Gasteiger partial charge < -0.3 is 20.6 Å². The number of fused-ring (bicyclic) bond motifs is 1. The number of piperidine rings is 1. The highest BCUT2D eigenvalue weighted by Gasteiger charge is 2.45. The Morgan fingerprint density at radius 3 is 2.24 bits per heavy atom. The minimum absolute atomic E-state index is 0.0576. The number of hydrogen-bond donors (Lipinski definition) is 3. The quantitative estimate of drug-likeness (QED) is 0.611. The van der Waals surface area contributed by atoms with E-state index in [-0.39, 0.29) is 23.8 Å². The zero-order valence-corrected chi connectivity index (χ0v) is 19.8. The Balaban J connectivity index is 1.50. The predicted octanol–water partition coefficient (Wildman–Crippen LogP) is 2.49. The highest BCUT2D eigenvalue weighted by atomic mass is 16.4. The van der Waals surface area contributed by atoms with Crippen molar-refractivity contribution in [3.8, 4) is 0 Å². The second-order valence-electron chi connectivity index (χ2n) is 9.71. The van der Waals surface area contributed by atoms with Crippen molar-refractivity contribution in [2.45, 2.75) is 57.2 Å². The average molecular weight is 464 g/mol. The van der Waals surface area contributed by atoms with Crippen LogP contribution in [0.3, 0.4) is 0 Å². The SMILES string of the molecule is CC(C)[C@H](NC(=O)C1(c2ccccc2)CCN(C(=O)[C@H]2Cc3ccccc3CN2)CC1)C(=O)O. The van der Waals surface area contributed by atoms with Crippen molar-refractivity contribution in [3.63, 3.8) is 0 Å². The summed E-state index contributed by atoms with van der Waals surface area (Å²) in [5.74, 6) is -1.50. The van der Waals surface area contributed by atoms with Gasteiger partial charge in [0.25, 0.3) is 0 Å². The highest BCUT2D eigenvalue weighted by Crippen LogP contribution is 2.36. The lowest BCUT2D eigenvalue weighted by Crippen LogP contribution is -2.58. The second-order valence-corrected chi connectivity index (χ2v) is 9.71. The number of carboxylic acids is 1. The van der Waals surface area contributed by atoms with Gasteiger partial charge in [0.1, 0.15) is 6.04 Å². The molecule has 0 aliphatic carbocycles. The zero-order valence-electron chi connectivity index (χ0n) is 19.8. The largest absolute Gasteiger partial charge is 0.480 e. The molecule has 2 aliphatic rings. The van der Waals surface area contributed by atoms with Crippen LogP contribution in [0.1, 0.15) is 43.4 Å². The van der Waals surface area contributed by atoms with E-state index >= 15 is 0 Å². The van der Waals surface area contributed by atoms with Gasteiger partial charge in [-0.05, 0) is 41.9 Å². The van der Waals surface area contributed by atoms with Gasteiger partial charge in [-0.1, -0.05) is 68.4 Å². The number of carbonyl (C=O) groups is 3. The van der Waals surface area contributed by atoms with Crippen LogP contribution in [0.15, 0.2) is 54.6 Å². The Hall–Kier alpha value is -3.19. The zero-order chi connectivity index (χ0) is 24.3. The molecular formula is C27H33N3O4. The van der Waals surface area contributed by atoms with E-state index in [0.29, 0.717) is 38.9 Å². The lowest BCUT2D eigenvalue weighted by molar-refractivity contribution is -0.145. The number of aliphatic carboxylic acids is 1. The molecule has 2 heterocycles. The normalized spacial score (nSPS) is 20.3. The van der Waals surface area contributed by atoms with E-state index in [9.17, 15) is 19.5 Å². The summed E-state index contributed by atoms with van der Waals surface area (Å²) in [6.07, 6.45) is 1.55. The number of amides is 2. The van der Waals surface area contributed by atoms with E-state index in [0.717, 1.165) is 5.56 Å². The molecule has 7 heteroatoms. The van der Waals surface area contributed by atoms with Crippen LogP contribution in [-0.4, -0.2) is 53.0 Å². The molecule has 0 unspecified atom stereocenters. The highest BCUT2D eigenvalue weighted by molar-refractivity contribution is 5.92. The summed E-state index contributed by atoms with van der Waals surface area (Å²) < 4.78 is 0. The molecule has 2 atom stereocenters. The first kappa shape index (κ1) is 24.0. The van der Waals surface area contributed by atoms with Crippen LogP contribution >= 0.6 is 0 Å². The van der Waals surface area contributed by atoms with Crippen molar-refractivity contribution in [2.75, 3.05) is 13.1 Å². The maximum atomic E-state index is 13.6. The van der Waals surface area contributed by atoms with Gasteiger partial charge in [0.15, 0.2) is 0 Å². The van der Waals surface area contributed by atoms with Crippen LogP contribution in [0.25, 0.3) is 0 Å². The molecule has 0 bridgehead atoms. The lowest BCUT2D eigenvalue weighted by Gasteiger charge is -2.43. The minimum Gasteiger partial charge on any atom is -0.480 e. The van der Waals surface area contributed by atoms with Crippen LogP contribution in [-0.2, 0) is 32.8 Å². The summed E-state index contributed by atoms with van der Waals surface area (Å²) in [6, 6.07) is 16.5. The number of likely N-dealkylation sites (tertiary alicyclic amines) is 1. The van der Waals surface area contributed by atoms with E-state index < -0.39 is 17.4 Å². The number of nitrogens with one attached hydrogen (secondary N) is 2. The van der Waals surface area contributed by atoms with E-state index in [2.05, 4.69) is 22.8 Å². The van der Waals surface area contributed by atoms with Crippen LogP contribution in [0.4, 0.5) is 0 Å². The molecule has 1 fully saturated rings. The first-order valence-electron chi connectivity index (χ1n) is 12.0. The molecule has 1 saturated heterocycles. The van der Waals surface area contributed by atoms with Crippen molar-refractivity contribution in [3.05, 3.63) is 71.3 Å². The molecule has 2 aromatic rings. The Kier molecular flexibility index (Phi) is 7.03. The van der Waals surface area contributed by atoms with Crippen molar-refractivity contribution >= 4 is 17.8 Å². The van der Waals surface area contributed by atoms with Crippen molar-refractivity contribution in [1.82, 2.24) is 15.5 Å². The van der Waals surface area contributed by atoms with E-state index in [1.165, 1.54) is 11.1 Å². The maximum absolute atomic E-state index is 13.6. The van der Waals surface area contributed by atoms with Gasteiger partial charge >= 0.3 is 5.97 Å². The molecule has 0 spiro atoms. The molecule has 2 aliphatic heterocycles. The van der Waals surface area contributed by atoms with Gasteiger partial charge in [0.05, 0.1) is 11.5 Å². The molecule has 4 rings (SSSR count). The number of hydrogen-bond acceptors (Lipinski definition) is 4. The third kappa shape index (κ3) is 4.71. The van der Waals surface area contributed by atoms with Crippen molar-refractivity contribution < 1.29 is 19.5 Å². The molecule has 180 valence electrons. The van der Waals surface area contributed by atoms with Gasteiger partial charge in [0.2, 0.25) is 11.8 Å². The monoisotopic (exact) mass is 463 g/mol. The van der Waals surface area contributed by atoms with E-state index in [1.807, 2.05) is 47.4 Å². The fourth-order valence-electron chi connectivity index (χ4n) is 5.16. The van der Waals surface area contributed by atoms with Gasteiger partial charge in [-0.2, -0.15) is 0 Å². The maximum Gasteiger partial charge on any atom is 0.326 e. The van der Waals surface area contributed by atoms with Crippen molar-refractivity contribution in [1.29, 1.82) is 0 Å². The van der Waals surface area contributed by atoms with Gasteiger partial charge in [-0.25, -0.2) is 4.79 Å². The Morgan fingerprint density at radius 2 is 1.62 bits per heavy atom. The molecule has 0 saturated carbocycles. The third-order valence-corrected chi connectivity index (χ3v) is 7.29. The first-order chi connectivity index (χ1) is 16.3. The first-order valence-corrected chi connectivity index (χ1v) is 12.0. The van der Waals surface area contributed by atoms with Gasteiger partial charge in [-0.15, -0.1) is 0 Å². The number of rotatable bonds is 6. The Morgan fingerprint density at radius 1 is 1.00 bits per heavy atom. The van der Waals surface area contributed by atoms with E-state index in [1.54, 1.807) is 13.8 Å². The van der Waals surface area contributed by atoms with Crippen LogP contribution in [0.5, 0.6) is 0 Å². The number of nitrogens with zero attached hydrogens (tertiary/aromatic N) is 1. The molecule has 0 radical (unpaired) electrons. The number of carboxylic acid groups (broad SMARTS) is 1. The fourth-order valence-corrected chi connectivity index (χ4v) is 5.16. The third-order valence-electron chi connectivity index (χ3n) is 7.29. The summed E-state index contributed by atoms with van der Waals surface area (Å²) in [6.45, 7) is 5.12. The molecule has 3 N–H and O–H groups in total. The van der Waals surface area contributed by atoms with Gasteiger partial charge in [0, 0.05) is 19.6 Å². The Bertz CT molecular complexity index is 1040. The standard InChI is InChI=1S/C27H33N3O4/c1-18(2)23(25(32)33)29-26(34)27(21-10-4-3-5-11-21)12-14-30(15-13-27)24(31)22-16-19-8-6-7-9-20(19)17-28-22/h3-11,18,22-23,28H,12-17H2,1-2H3,(H,29,34)(H,32,33)/t22-,23+/m1/s1. The molecule has 7 nitrogen and oxygen atoms in total. The molecule has 2 aromatic carbocycles. The average Bonchev–Trinajstić information content (AvgIpc) is 2.86. The molecule has 34 heavy (non-hydrogen) atoms. The summed E-state index contributed by atoms with van der Waals surface area (Å²) in [5, 5.41) is 15.8. The smallest absolute Gasteiger partial charge is 0.326 e. The van der Waals surface area contributed by atoms with E-state index in [4.69, 9.17) is 0 Å². The molecule has 2 amide bonds. The minimum atomic E-state index is -1.04. The van der Waals surface area contributed by atoms with Crippen LogP contribution in [0.2, 0.25) is 0 Å². The topological polar surface area (TPSA) is 98.7 Å².